The first-order valence-electron chi connectivity index (χ1n) is 5.83. The molecule has 4 heteroatoms. The van der Waals surface area contributed by atoms with Crippen LogP contribution in [-0.4, -0.2) is 24.6 Å². The number of nitrogens with one attached hydrogen (secondary N) is 2. The van der Waals surface area contributed by atoms with Gasteiger partial charge in [-0.25, -0.2) is 4.98 Å². The minimum atomic E-state index is 0.796. The van der Waals surface area contributed by atoms with Gasteiger partial charge in [0.15, 0.2) is 0 Å². The Hall–Kier alpha value is -0.610. The van der Waals surface area contributed by atoms with Crippen LogP contribution in [0.1, 0.15) is 18.5 Å². The Bertz CT molecular complexity index is 348. The van der Waals surface area contributed by atoms with Crippen molar-refractivity contribution in [2.45, 2.75) is 19.8 Å². The molecule has 1 aliphatic heterocycles. The molecule has 1 saturated heterocycles. The van der Waals surface area contributed by atoms with Gasteiger partial charge in [-0.3, -0.25) is 0 Å². The lowest BCUT2D eigenvalue weighted by Crippen LogP contribution is -2.31. The van der Waals surface area contributed by atoms with Gasteiger partial charge in [0.05, 0.1) is 11.4 Å². The predicted octanol–water partition coefficient (Wildman–Crippen LogP) is 2.56. The average molecular weight is 284 g/mol. The summed E-state index contributed by atoms with van der Waals surface area (Å²) in [4.78, 5) is 4.38. The lowest BCUT2D eigenvalue weighted by Gasteiger charge is -2.23. The highest BCUT2D eigenvalue weighted by molar-refractivity contribution is 9.10. The van der Waals surface area contributed by atoms with Crippen molar-refractivity contribution >= 4 is 21.6 Å². The molecule has 0 unspecified atom stereocenters. The van der Waals surface area contributed by atoms with Gasteiger partial charge in [0.1, 0.15) is 4.60 Å². The summed E-state index contributed by atoms with van der Waals surface area (Å²) in [5.74, 6) is 0.796. The molecule has 0 atom stereocenters. The van der Waals surface area contributed by atoms with Crippen molar-refractivity contribution in [2.24, 2.45) is 5.92 Å². The van der Waals surface area contributed by atoms with Gasteiger partial charge in [-0.1, -0.05) is 0 Å². The zero-order chi connectivity index (χ0) is 11.4. The Labute approximate surface area is 105 Å². The molecule has 2 heterocycles. The normalized spacial score (nSPS) is 17.4. The number of nitrogens with zero attached hydrogens (tertiary/aromatic N) is 1. The van der Waals surface area contributed by atoms with Crippen LogP contribution < -0.4 is 10.6 Å². The van der Waals surface area contributed by atoms with Gasteiger partial charge in [-0.05, 0) is 66.8 Å². The first-order valence-corrected chi connectivity index (χ1v) is 6.63. The third kappa shape index (κ3) is 3.19. The molecule has 2 N–H and O–H groups in total. The number of anilines is 1. The average Bonchev–Trinajstić information content (AvgIpc) is 2.29. The number of rotatable bonds is 3. The van der Waals surface area contributed by atoms with Crippen LogP contribution in [0, 0.1) is 12.8 Å². The van der Waals surface area contributed by atoms with E-state index in [4.69, 9.17) is 0 Å². The number of hydrogen-bond donors (Lipinski definition) is 2. The lowest BCUT2D eigenvalue weighted by atomic mass is 9.98. The zero-order valence-corrected chi connectivity index (χ0v) is 11.2. The van der Waals surface area contributed by atoms with Crippen molar-refractivity contribution in [1.82, 2.24) is 10.3 Å². The van der Waals surface area contributed by atoms with Crippen LogP contribution in [0.5, 0.6) is 0 Å². The van der Waals surface area contributed by atoms with E-state index in [0.717, 1.165) is 41.5 Å². The third-order valence-corrected chi connectivity index (χ3v) is 3.53. The van der Waals surface area contributed by atoms with E-state index in [1.165, 1.54) is 12.8 Å². The number of piperidine rings is 1. The van der Waals surface area contributed by atoms with E-state index in [9.17, 15) is 0 Å². The molecule has 16 heavy (non-hydrogen) atoms. The maximum atomic E-state index is 4.38. The minimum absolute atomic E-state index is 0.796. The van der Waals surface area contributed by atoms with E-state index in [0.29, 0.717) is 0 Å². The van der Waals surface area contributed by atoms with E-state index in [2.05, 4.69) is 37.6 Å². The number of aromatic nitrogens is 1. The molecule has 1 fully saturated rings. The highest BCUT2D eigenvalue weighted by Crippen LogP contribution is 2.18. The maximum absolute atomic E-state index is 4.38. The first kappa shape index (κ1) is 11.9. The van der Waals surface area contributed by atoms with Gasteiger partial charge in [0.25, 0.3) is 0 Å². The molecule has 0 aromatic carbocycles. The second kappa shape index (κ2) is 5.64. The topological polar surface area (TPSA) is 37.0 Å². The summed E-state index contributed by atoms with van der Waals surface area (Å²) in [7, 11) is 0. The Morgan fingerprint density at radius 1 is 1.44 bits per heavy atom. The summed E-state index contributed by atoms with van der Waals surface area (Å²) in [6.07, 6.45) is 2.55. The fourth-order valence-electron chi connectivity index (χ4n) is 2.06. The molecule has 0 spiro atoms. The van der Waals surface area contributed by atoms with Crippen molar-refractivity contribution in [3.05, 3.63) is 22.4 Å². The molecule has 0 amide bonds. The molecular weight excluding hydrogens is 266 g/mol. The number of hydrogen-bond acceptors (Lipinski definition) is 3. The summed E-state index contributed by atoms with van der Waals surface area (Å²) < 4.78 is 0.900. The maximum Gasteiger partial charge on any atom is 0.106 e. The van der Waals surface area contributed by atoms with E-state index >= 15 is 0 Å². The van der Waals surface area contributed by atoms with Crippen molar-refractivity contribution < 1.29 is 0 Å². The van der Waals surface area contributed by atoms with Crippen molar-refractivity contribution in [1.29, 1.82) is 0 Å². The van der Waals surface area contributed by atoms with Crippen molar-refractivity contribution in [2.75, 3.05) is 25.0 Å². The summed E-state index contributed by atoms with van der Waals surface area (Å²) in [6.45, 7) is 5.41. The van der Waals surface area contributed by atoms with Crippen LogP contribution in [0.25, 0.3) is 0 Å². The number of aryl methyl sites for hydroxylation is 1. The van der Waals surface area contributed by atoms with Crippen LogP contribution in [0.3, 0.4) is 0 Å². The Morgan fingerprint density at radius 2 is 2.19 bits per heavy atom. The summed E-state index contributed by atoms with van der Waals surface area (Å²) >= 11 is 3.38. The van der Waals surface area contributed by atoms with Gasteiger partial charge in [0.2, 0.25) is 0 Å². The van der Waals surface area contributed by atoms with Gasteiger partial charge in [-0.15, -0.1) is 0 Å². The van der Waals surface area contributed by atoms with Crippen LogP contribution in [0.4, 0.5) is 5.69 Å². The third-order valence-electron chi connectivity index (χ3n) is 3.09. The van der Waals surface area contributed by atoms with Crippen LogP contribution in [-0.2, 0) is 0 Å². The summed E-state index contributed by atoms with van der Waals surface area (Å²) in [6, 6.07) is 4.07. The SMILES string of the molecule is Cc1nc(Br)ccc1NCC1CCNCC1. The zero-order valence-electron chi connectivity index (χ0n) is 9.59. The monoisotopic (exact) mass is 283 g/mol. The van der Waals surface area contributed by atoms with Gasteiger partial charge in [0, 0.05) is 6.54 Å². The summed E-state index contributed by atoms with van der Waals surface area (Å²) in [5.41, 5.74) is 2.21. The fourth-order valence-corrected chi connectivity index (χ4v) is 2.46. The number of pyridine rings is 1. The van der Waals surface area contributed by atoms with Crippen LogP contribution in [0.15, 0.2) is 16.7 Å². The fraction of sp³-hybridized carbons (Fsp3) is 0.583. The van der Waals surface area contributed by atoms with E-state index in [1.807, 2.05) is 13.0 Å². The Balaban J connectivity index is 1.88. The molecule has 0 aliphatic carbocycles. The number of halogens is 1. The Kier molecular flexibility index (Phi) is 4.18. The molecule has 3 nitrogen and oxygen atoms in total. The first-order chi connectivity index (χ1) is 7.75. The standard InChI is InChI=1S/C12H18BrN3/c1-9-11(2-3-12(13)16-9)15-8-10-4-6-14-7-5-10/h2-3,10,14-15H,4-8H2,1H3. The molecular formula is C12H18BrN3. The van der Waals surface area contributed by atoms with E-state index < -0.39 is 0 Å². The van der Waals surface area contributed by atoms with E-state index in [1.54, 1.807) is 0 Å². The largest absolute Gasteiger partial charge is 0.383 e. The second-order valence-corrected chi connectivity index (χ2v) is 5.15. The molecule has 1 aromatic heterocycles. The van der Waals surface area contributed by atoms with Crippen molar-refractivity contribution in [3.8, 4) is 0 Å². The quantitative estimate of drug-likeness (QED) is 0.838. The molecule has 1 aromatic rings. The van der Waals surface area contributed by atoms with Crippen molar-refractivity contribution in [3.63, 3.8) is 0 Å². The van der Waals surface area contributed by atoms with Crippen LogP contribution in [0.2, 0.25) is 0 Å². The highest BCUT2D eigenvalue weighted by Gasteiger charge is 2.12. The Morgan fingerprint density at radius 3 is 2.88 bits per heavy atom. The molecule has 0 bridgehead atoms. The molecule has 0 saturated carbocycles. The van der Waals surface area contributed by atoms with Gasteiger partial charge in [-0.2, -0.15) is 0 Å². The lowest BCUT2D eigenvalue weighted by molar-refractivity contribution is 0.390. The molecule has 88 valence electrons. The highest BCUT2D eigenvalue weighted by atomic mass is 79.9. The minimum Gasteiger partial charge on any atom is -0.383 e. The molecule has 0 radical (unpaired) electrons. The van der Waals surface area contributed by atoms with Crippen LogP contribution >= 0.6 is 15.9 Å². The van der Waals surface area contributed by atoms with E-state index in [-0.39, 0.29) is 0 Å². The molecule has 2 rings (SSSR count). The smallest absolute Gasteiger partial charge is 0.106 e. The van der Waals surface area contributed by atoms with Gasteiger partial charge >= 0.3 is 0 Å². The second-order valence-electron chi connectivity index (χ2n) is 4.34. The summed E-state index contributed by atoms with van der Waals surface area (Å²) in [5, 5.41) is 6.88. The predicted molar refractivity (Wildman–Crippen MR) is 70.8 cm³/mol. The molecule has 1 aliphatic rings. The van der Waals surface area contributed by atoms with Gasteiger partial charge < -0.3 is 10.6 Å².